The summed E-state index contributed by atoms with van der Waals surface area (Å²) in [5.41, 5.74) is 4.75. The number of rotatable bonds is 11. The number of carbonyl (C=O) groups excluding carboxylic acids is 1. The fourth-order valence-electron chi connectivity index (χ4n) is 3.93. The summed E-state index contributed by atoms with van der Waals surface area (Å²) in [6.07, 6.45) is 0. The van der Waals surface area contributed by atoms with Crippen LogP contribution < -0.4 is 16.0 Å². The minimum atomic E-state index is 0. The monoisotopic (exact) mass is 445 g/mol. The molecule has 5 N–H and O–H groups in total. The van der Waals surface area contributed by atoms with Gasteiger partial charge in [0.05, 0.1) is 30.8 Å². The average molecular weight is 446 g/mol. The van der Waals surface area contributed by atoms with Crippen LogP contribution in [0.15, 0.2) is 36.4 Å². The van der Waals surface area contributed by atoms with E-state index >= 15 is 0 Å². The van der Waals surface area contributed by atoms with Gasteiger partial charge in [-0.15, -0.1) is 12.4 Å². The van der Waals surface area contributed by atoms with Crippen molar-refractivity contribution in [2.24, 2.45) is 0 Å². The minimum Gasteiger partial charge on any atom is -0.395 e. The average Bonchev–Trinajstić information content (AvgIpc) is 3.14. The summed E-state index contributed by atoms with van der Waals surface area (Å²) in [5, 5.41) is 33.2. The van der Waals surface area contributed by atoms with Gasteiger partial charge < -0.3 is 26.2 Å². The zero-order valence-electron chi connectivity index (χ0n) is 17.2. The van der Waals surface area contributed by atoms with Crippen LogP contribution in [-0.4, -0.2) is 71.7 Å². The number of anilines is 1. The van der Waals surface area contributed by atoms with Gasteiger partial charge in [0.25, 0.3) is 0 Å². The molecule has 31 heavy (non-hydrogen) atoms. The first-order valence-corrected chi connectivity index (χ1v) is 10.3. The van der Waals surface area contributed by atoms with Crippen LogP contribution in [0.25, 0.3) is 22.2 Å². The quantitative estimate of drug-likeness (QED) is 0.221. The maximum atomic E-state index is 13.4. The molecule has 0 aliphatic heterocycles. The number of hydrogen-bond acceptors (Lipinski definition) is 7. The number of aliphatic hydroxyl groups is 2. The van der Waals surface area contributed by atoms with Gasteiger partial charge in [-0.3, -0.25) is 9.48 Å². The summed E-state index contributed by atoms with van der Waals surface area (Å²) in [6, 6.07) is 11.6. The van der Waals surface area contributed by atoms with E-state index in [1.54, 1.807) is 0 Å². The molecule has 1 aliphatic rings. The van der Waals surface area contributed by atoms with Crippen LogP contribution in [0.5, 0.6) is 0 Å². The molecule has 9 heteroatoms. The second-order valence-corrected chi connectivity index (χ2v) is 7.20. The lowest BCUT2D eigenvalue weighted by Gasteiger charge is -2.19. The Kier molecular flexibility index (Phi) is 8.00. The zero-order valence-corrected chi connectivity index (χ0v) is 18.0. The van der Waals surface area contributed by atoms with E-state index in [-0.39, 0.29) is 31.4 Å². The number of fused-ring (bicyclic) bond motifs is 2. The van der Waals surface area contributed by atoms with Crippen molar-refractivity contribution >= 4 is 34.8 Å². The van der Waals surface area contributed by atoms with Crippen LogP contribution in [0, 0.1) is 0 Å². The lowest BCUT2D eigenvalue weighted by Crippen LogP contribution is -2.25. The molecule has 0 unspecified atom stereocenters. The van der Waals surface area contributed by atoms with Crippen LogP contribution in [0.4, 0.5) is 5.69 Å². The first-order chi connectivity index (χ1) is 14.8. The molecule has 4 rings (SSSR count). The second kappa shape index (κ2) is 10.7. The van der Waals surface area contributed by atoms with Crippen LogP contribution in [0.3, 0.4) is 0 Å². The van der Waals surface area contributed by atoms with Crippen molar-refractivity contribution in [2.45, 2.75) is 6.54 Å². The van der Waals surface area contributed by atoms with Crippen molar-refractivity contribution in [3.63, 3.8) is 0 Å². The predicted molar refractivity (Wildman–Crippen MR) is 124 cm³/mol. The third-order valence-corrected chi connectivity index (χ3v) is 5.26. The second-order valence-electron chi connectivity index (χ2n) is 7.20. The maximum Gasteiger partial charge on any atom is 0.196 e. The van der Waals surface area contributed by atoms with Crippen LogP contribution in [0.2, 0.25) is 0 Å². The van der Waals surface area contributed by atoms with Crippen molar-refractivity contribution < 1.29 is 15.0 Å². The van der Waals surface area contributed by atoms with Gasteiger partial charge >= 0.3 is 0 Å². The fraction of sp³-hybridized carbons (Fsp3) is 0.364. The Morgan fingerprint density at radius 3 is 2.35 bits per heavy atom. The smallest absolute Gasteiger partial charge is 0.196 e. The number of nitrogens with one attached hydrogen (secondary N) is 3. The first kappa shape index (κ1) is 23.2. The van der Waals surface area contributed by atoms with E-state index in [0.717, 1.165) is 27.8 Å². The number of aliphatic hydroxyl groups excluding tert-OH is 2. The number of ketones is 1. The van der Waals surface area contributed by atoms with Gasteiger partial charge in [-0.1, -0.05) is 24.3 Å². The van der Waals surface area contributed by atoms with Gasteiger partial charge in [0.2, 0.25) is 0 Å². The summed E-state index contributed by atoms with van der Waals surface area (Å²) in [7, 11) is 0. The Labute approximate surface area is 187 Å². The van der Waals surface area contributed by atoms with Gasteiger partial charge in [-0.05, 0) is 12.1 Å². The highest BCUT2D eigenvalue weighted by atomic mass is 35.5. The highest BCUT2D eigenvalue weighted by molar-refractivity contribution is 6.27. The Morgan fingerprint density at radius 1 is 0.871 bits per heavy atom. The van der Waals surface area contributed by atoms with Crippen molar-refractivity contribution in [3.05, 3.63) is 47.5 Å². The van der Waals surface area contributed by atoms with E-state index in [0.29, 0.717) is 50.4 Å². The van der Waals surface area contributed by atoms with E-state index < -0.39 is 0 Å². The highest BCUT2D eigenvalue weighted by Crippen LogP contribution is 2.41. The molecule has 0 radical (unpaired) electrons. The van der Waals surface area contributed by atoms with Crippen LogP contribution in [-0.2, 0) is 6.54 Å². The molecule has 0 spiro atoms. The molecular formula is C22H28ClN5O3. The van der Waals surface area contributed by atoms with Gasteiger partial charge in [0, 0.05) is 54.9 Å². The molecule has 2 aromatic carbocycles. The Bertz CT molecular complexity index is 1050. The predicted octanol–water partition coefficient (Wildman–Crippen LogP) is 1.25. The molecule has 1 aliphatic carbocycles. The standard InChI is InChI=1S/C22H27N5O3.ClH/c28-13-10-23-7-8-25-17-5-1-3-15-19(17)22(30)16-4-2-6-18-20(16)21(15)26-27(18)12-9-24-11-14-29;/h1-6,23-25,28-29H,7-14H2;1H. The molecule has 0 saturated carbocycles. The number of benzene rings is 2. The summed E-state index contributed by atoms with van der Waals surface area (Å²) < 4.78 is 1.93. The van der Waals surface area contributed by atoms with Gasteiger partial charge in [-0.25, -0.2) is 0 Å². The van der Waals surface area contributed by atoms with E-state index in [2.05, 4.69) is 16.0 Å². The van der Waals surface area contributed by atoms with Crippen LogP contribution >= 0.6 is 12.4 Å². The molecule has 0 saturated heterocycles. The topological polar surface area (TPSA) is 111 Å². The number of hydrogen-bond donors (Lipinski definition) is 5. The number of aromatic nitrogens is 2. The van der Waals surface area contributed by atoms with Crippen molar-refractivity contribution in [3.8, 4) is 11.3 Å². The van der Waals surface area contributed by atoms with Crippen LogP contribution in [0.1, 0.15) is 15.9 Å². The maximum absolute atomic E-state index is 13.4. The van der Waals surface area contributed by atoms with Gasteiger partial charge in [0.1, 0.15) is 5.69 Å². The molecule has 1 heterocycles. The Balaban J connectivity index is 0.00000272. The molecule has 3 aromatic rings. The molecule has 0 amide bonds. The lowest BCUT2D eigenvalue weighted by molar-refractivity contribution is 0.104. The lowest BCUT2D eigenvalue weighted by atomic mass is 9.86. The minimum absolute atomic E-state index is 0. The molecule has 0 bridgehead atoms. The van der Waals surface area contributed by atoms with E-state index in [1.165, 1.54) is 0 Å². The fourth-order valence-corrected chi connectivity index (χ4v) is 3.93. The molecule has 166 valence electrons. The molecular weight excluding hydrogens is 418 g/mol. The van der Waals surface area contributed by atoms with Crippen molar-refractivity contribution in [2.75, 3.05) is 51.3 Å². The van der Waals surface area contributed by atoms with E-state index in [1.807, 2.05) is 41.1 Å². The summed E-state index contributed by atoms with van der Waals surface area (Å²) >= 11 is 0. The zero-order chi connectivity index (χ0) is 20.9. The molecule has 1 aromatic heterocycles. The van der Waals surface area contributed by atoms with Crippen molar-refractivity contribution in [1.82, 2.24) is 20.4 Å². The van der Waals surface area contributed by atoms with Gasteiger partial charge in [0.15, 0.2) is 5.78 Å². The van der Waals surface area contributed by atoms with Gasteiger partial charge in [-0.2, -0.15) is 5.10 Å². The summed E-state index contributed by atoms with van der Waals surface area (Å²) in [6.45, 7) is 3.96. The first-order valence-electron chi connectivity index (χ1n) is 10.3. The Hall–Kier alpha value is -2.49. The van der Waals surface area contributed by atoms with Crippen molar-refractivity contribution in [1.29, 1.82) is 0 Å². The largest absolute Gasteiger partial charge is 0.395 e. The highest BCUT2D eigenvalue weighted by Gasteiger charge is 2.30. The van der Waals surface area contributed by atoms with E-state index in [4.69, 9.17) is 15.3 Å². The Morgan fingerprint density at radius 2 is 1.58 bits per heavy atom. The third-order valence-electron chi connectivity index (χ3n) is 5.26. The molecule has 0 fully saturated rings. The molecule has 0 atom stereocenters. The van der Waals surface area contributed by atoms with E-state index in [9.17, 15) is 4.79 Å². The number of halogens is 1. The number of carbonyl (C=O) groups is 1. The third kappa shape index (κ3) is 4.58. The molecule has 8 nitrogen and oxygen atoms in total. The normalized spacial score (nSPS) is 12.0. The summed E-state index contributed by atoms with van der Waals surface area (Å²) in [5.74, 6) is 0.00692. The summed E-state index contributed by atoms with van der Waals surface area (Å²) in [4.78, 5) is 13.4. The SMILES string of the molecule is Cl.O=C1c2c(NCCNCCO)cccc2-c2nn(CCNCCO)c3cccc1c23. The number of nitrogens with zero attached hydrogens (tertiary/aromatic N) is 2.